The second-order valence-electron chi connectivity index (χ2n) is 2.37. The maximum Gasteiger partial charge on any atom is 0.0104 e. The van der Waals surface area contributed by atoms with Gasteiger partial charge in [-0.05, 0) is 26.1 Å². The fourth-order valence-electron chi connectivity index (χ4n) is 0.925. The Hall–Kier alpha value is -0.120. The van der Waals surface area contributed by atoms with Crippen molar-refractivity contribution in [1.82, 2.24) is 4.90 Å². The summed E-state index contributed by atoms with van der Waals surface area (Å²) >= 11 is 0. The van der Waals surface area contributed by atoms with Crippen molar-refractivity contribution in [2.75, 3.05) is 32.7 Å². The Morgan fingerprint density at radius 2 is 1.80 bits per heavy atom. The molecule has 0 aromatic carbocycles. The van der Waals surface area contributed by atoms with Crippen molar-refractivity contribution in [3.8, 4) is 0 Å². The van der Waals surface area contributed by atoms with Gasteiger partial charge in [0.1, 0.15) is 0 Å². The number of hydrogen-bond donors (Lipinski definition) is 2. The molecule has 0 atom stereocenters. The largest absolute Gasteiger partial charge is 0.330 e. The zero-order chi connectivity index (χ0) is 7.82. The molecular weight excluding hydrogens is 126 g/mol. The summed E-state index contributed by atoms with van der Waals surface area (Å²) in [5.74, 6) is 0. The van der Waals surface area contributed by atoms with Crippen LogP contribution in [-0.4, -0.2) is 37.6 Å². The average molecular weight is 145 g/mol. The van der Waals surface area contributed by atoms with E-state index in [-0.39, 0.29) is 0 Å². The van der Waals surface area contributed by atoms with Crippen LogP contribution in [-0.2, 0) is 0 Å². The predicted molar refractivity (Wildman–Crippen MR) is 44.8 cm³/mol. The van der Waals surface area contributed by atoms with E-state index in [2.05, 4.69) is 11.8 Å². The molecule has 10 heavy (non-hydrogen) atoms. The van der Waals surface area contributed by atoms with Crippen molar-refractivity contribution >= 4 is 0 Å². The quantitative estimate of drug-likeness (QED) is 0.535. The van der Waals surface area contributed by atoms with Gasteiger partial charge in [0.15, 0.2) is 0 Å². The van der Waals surface area contributed by atoms with Crippen LogP contribution < -0.4 is 11.5 Å². The molecule has 0 aliphatic rings. The summed E-state index contributed by atoms with van der Waals surface area (Å²) in [6, 6.07) is 0. The molecule has 0 bridgehead atoms. The first-order chi connectivity index (χ1) is 4.85. The summed E-state index contributed by atoms with van der Waals surface area (Å²) in [7, 11) is 0. The minimum absolute atomic E-state index is 0.748. The average Bonchev–Trinajstić information content (AvgIpc) is 1.98. The highest BCUT2D eigenvalue weighted by Gasteiger charge is 1.97. The van der Waals surface area contributed by atoms with E-state index < -0.39 is 0 Å². The van der Waals surface area contributed by atoms with Crippen LogP contribution in [0.15, 0.2) is 0 Å². The Bertz CT molecular complexity index is 65.9. The highest BCUT2D eigenvalue weighted by Crippen LogP contribution is 1.87. The van der Waals surface area contributed by atoms with Crippen LogP contribution in [0.25, 0.3) is 0 Å². The monoisotopic (exact) mass is 145 g/mol. The minimum atomic E-state index is 0.748. The number of nitrogens with zero attached hydrogens (tertiary/aromatic N) is 1. The second-order valence-corrected chi connectivity index (χ2v) is 2.37. The van der Waals surface area contributed by atoms with Gasteiger partial charge in [0.2, 0.25) is 0 Å². The molecule has 0 radical (unpaired) electrons. The van der Waals surface area contributed by atoms with Crippen molar-refractivity contribution in [3.63, 3.8) is 0 Å². The molecule has 0 aromatic rings. The zero-order valence-corrected chi connectivity index (χ0v) is 6.84. The third-order valence-corrected chi connectivity index (χ3v) is 1.57. The van der Waals surface area contributed by atoms with Crippen molar-refractivity contribution in [1.29, 1.82) is 0 Å². The Morgan fingerprint density at radius 1 is 1.10 bits per heavy atom. The van der Waals surface area contributed by atoms with E-state index >= 15 is 0 Å². The lowest BCUT2D eigenvalue weighted by atomic mass is 10.3. The molecular formula is C7H19N3. The van der Waals surface area contributed by atoms with E-state index in [1.54, 1.807) is 0 Å². The lowest BCUT2D eigenvalue weighted by Gasteiger charge is -2.18. The van der Waals surface area contributed by atoms with Crippen molar-refractivity contribution in [2.45, 2.75) is 13.3 Å². The predicted octanol–water partition coefficient (Wildman–Crippen LogP) is -0.384. The van der Waals surface area contributed by atoms with Gasteiger partial charge in [-0.3, -0.25) is 0 Å². The topological polar surface area (TPSA) is 55.3 Å². The van der Waals surface area contributed by atoms with Gasteiger partial charge in [-0.1, -0.05) is 6.92 Å². The lowest BCUT2D eigenvalue weighted by molar-refractivity contribution is 0.294. The third kappa shape index (κ3) is 4.73. The molecule has 0 aromatic heterocycles. The minimum Gasteiger partial charge on any atom is -0.330 e. The molecule has 0 heterocycles. The Morgan fingerprint density at radius 3 is 2.20 bits per heavy atom. The lowest BCUT2D eigenvalue weighted by Crippen LogP contribution is -2.31. The summed E-state index contributed by atoms with van der Waals surface area (Å²) in [4.78, 5) is 2.31. The van der Waals surface area contributed by atoms with Gasteiger partial charge in [0.05, 0.1) is 0 Å². The van der Waals surface area contributed by atoms with Crippen molar-refractivity contribution in [3.05, 3.63) is 0 Å². The van der Waals surface area contributed by atoms with Gasteiger partial charge in [-0.2, -0.15) is 0 Å². The first kappa shape index (κ1) is 9.88. The van der Waals surface area contributed by atoms with Crippen molar-refractivity contribution < 1.29 is 0 Å². The van der Waals surface area contributed by atoms with E-state index in [1.807, 2.05) is 0 Å². The van der Waals surface area contributed by atoms with Crippen LogP contribution in [0.4, 0.5) is 0 Å². The number of rotatable bonds is 6. The zero-order valence-electron chi connectivity index (χ0n) is 6.84. The molecule has 0 saturated carbocycles. The van der Waals surface area contributed by atoms with Gasteiger partial charge in [-0.25, -0.2) is 0 Å². The summed E-state index contributed by atoms with van der Waals surface area (Å²) in [5, 5.41) is 0. The maximum absolute atomic E-state index is 5.40. The Kier molecular flexibility index (Phi) is 6.91. The van der Waals surface area contributed by atoms with Crippen LogP contribution in [0.2, 0.25) is 0 Å². The standard InChI is InChI=1S/C7H19N3/c1-2-10(7-5-9)6-3-4-8/h2-9H2,1H3. The molecule has 0 spiro atoms. The molecule has 0 aliphatic carbocycles. The highest BCUT2D eigenvalue weighted by atomic mass is 15.1. The number of nitrogens with two attached hydrogens (primary N) is 2. The van der Waals surface area contributed by atoms with E-state index in [9.17, 15) is 0 Å². The molecule has 0 rings (SSSR count). The van der Waals surface area contributed by atoms with Crippen molar-refractivity contribution in [2.24, 2.45) is 11.5 Å². The highest BCUT2D eigenvalue weighted by molar-refractivity contribution is 4.55. The van der Waals surface area contributed by atoms with E-state index in [4.69, 9.17) is 11.5 Å². The summed E-state index contributed by atoms with van der Waals surface area (Å²) < 4.78 is 0. The second kappa shape index (κ2) is 6.99. The van der Waals surface area contributed by atoms with Gasteiger partial charge >= 0.3 is 0 Å². The van der Waals surface area contributed by atoms with Gasteiger partial charge in [-0.15, -0.1) is 0 Å². The van der Waals surface area contributed by atoms with Crippen LogP contribution in [0.3, 0.4) is 0 Å². The Balaban J connectivity index is 3.21. The van der Waals surface area contributed by atoms with E-state index in [0.29, 0.717) is 0 Å². The first-order valence-corrected chi connectivity index (χ1v) is 3.97. The Labute approximate surface area is 63.4 Å². The fraction of sp³-hybridized carbons (Fsp3) is 1.00. The molecule has 0 saturated heterocycles. The van der Waals surface area contributed by atoms with E-state index in [0.717, 1.165) is 39.1 Å². The first-order valence-electron chi connectivity index (χ1n) is 3.97. The molecule has 0 aliphatic heterocycles. The molecule has 0 fully saturated rings. The normalized spacial score (nSPS) is 10.8. The van der Waals surface area contributed by atoms with Crippen LogP contribution in [0.1, 0.15) is 13.3 Å². The van der Waals surface area contributed by atoms with Gasteiger partial charge in [0, 0.05) is 13.1 Å². The van der Waals surface area contributed by atoms with Gasteiger partial charge in [0.25, 0.3) is 0 Å². The summed E-state index contributed by atoms with van der Waals surface area (Å²) in [6.07, 6.45) is 1.08. The van der Waals surface area contributed by atoms with Gasteiger partial charge < -0.3 is 16.4 Å². The van der Waals surface area contributed by atoms with Crippen LogP contribution >= 0.6 is 0 Å². The smallest absolute Gasteiger partial charge is 0.0104 e. The molecule has 4 N–H and O–H groups in total. The maximum atomic E-state index is 5.40. The number of hydrogen-bond acceptors (Lipinski definition) is 3. The van der Waals surface area contributed by atoms with E-state index in [1.165, 1.54) is 0 Å². The molecule has 0 unspecified atom stereocenters. The SMILES string of the molecule is CCN(CCN)CCCN. The third-order valence-electron chi connectivity index (χ3n) is 1.57. The molecule has 0 amide bonds. The number of likely N-dealkylation sites (N-methyl/N-ethyl adjacent to an activating group) is 1. The van der Waals surface area contributed by atoms with Crippen LogP contribution in [0, 0.1) is 0 Å². The summed E-state index contributed by atoms with van der Waals surface area (Å²) in [5.41, 5.74) is 10.8. The molecule has 3 nitrogen and oxygen atoms in total. The molecule has 62 valence electrons. The molecule has 3 heteroatoms. The van der Waals surface area contributed by atoms with Crippen LogP contribution in [0.5, 0.6) is 0 Å². The summed E-state index contributed by atoms with van der Waals surface area (Å²) in [6.45, 7) is 6.84. The fourth-order valence-corrected chi connectivity index (χ4v) is 0.925.